The SMILES string of the molecule is COc1ccc(CN2CCCC3(CN[S+](=O)([O-])c4ccccc4N3)C2)cc1. The molecule has 0 bridgehead atoms. The highest BCUT2D eigenvalue weighted by Crippen LogP contribution is 2.34. The quantitative estimate of drug-likeness (QED) is 0.792. The zero-order chi connectivity index (χ0) is 18.9. The van der Waals surface area contributed by atoms with Crippen LogP contribution in [0.15, 0.2) is 53.4 Å². The summed E-state index contributed by atoms with van der Waals surface area (Å²) in [4.78, 5) is 2.72. The Kier molecular flexibility index (Phi) is 4.94. The van der Waals surface area contributed by atoms with Gasteiger partial charge in [0.2, 0.25) is 0 Å². The maximum Gasteiger partial charge on any atom is 0.198 e. The number of nitrogens with zero attached hydrogens (tertiary/aromatic N) is 1. The van der Waals surface area contributed by atoms with Crippen molar-refractivity contribution in [3.8, 4) is 5.75 Å². The maximum atomic E-state index is 12.6. The van der Waals surface area contributed by atoms with Gasteiger partial charge in [-0.25, -0.2) is 0 Å². The molecule has 1 fully saturated rings. The van der Waals surface area contributed by atoms with Crippen molar-refractivity contribution < 1.29 is 13.5 Å². The monoisotopic (exact) mass is 387 g/mol. The number of ether oxygens (including phenoxy) is 1. The molecule has 2 unspecified atom stereocenters. The minimum atomic E-state index is -3.48. The molecule has 1 spiro atoms. The zero-order valence-corrected chi connectivity index (χ0v) is 16.3. The van der Waals surface area contributed by atoms with Crippen LogP contribution in [0.1, 0.15) is 18.4 Å². The molecule has 2 aliphatic heterocycles. The number of methoxy groups -OCH3 is 1. The van der Waals surface area contributed by atoms with Crippen LogP contribution < -0.4 is 14.8 Å². The van der Waals surface area contributed by atoms with Gasteiger partial charge in [-0.3, -0.25) is 4.90 Å². The van der Waals surface area contributed by atoms with E-state index >= 15 is 0 Å². The number of benzene rings is 2. The number of anilines is 1. The van der Waals surface area contributed by atoms with Crippen LogP contribution in [0.4, 0.5) is 5.69 Å². The molecule has 0 amide bonds. The lowest BCUT2D eigenvalue weighted by atomic mass is 9.88. The van der Waals surface area contributed by atoms with Gasteiger partial charge in [-0.05, 0) is 49.2 Å². The van der Waals surface area contributed by atoms with Crippen molar-refractivity contribution in [2.24, 2.45) is 0 Å². The third-order valence-corrected chi connectivity index (χ3v) is 6.86. The number of piperidine rings is 1. The van der Waals surface area contributed by atoms with Gasteiger partial charge >= 0.3 is 0 Å². The molecule has 0 aliphatic carbocycles. The molecular weight excluding hydrogens is 362 g/mol. The van der Waals surface area contributed by atoms with Crippen LogP contribution in [0.5, 0.6) is 5.75 Å². The smallest absolute Gasteiger partial charge is 0.198 e. The summed E-state index contributed by atoms with van der Waals surface area (Å²) in [5.41, 5.74) is 1.61. The van der Waals surface area contributed by atoms with E-state index in [1.54, 1.807) is 19.2 Å². The number of para-hydroxylation sites is 1. The van der Waals surface area contributed by atoms with Crippen molar-refractivity contribution in [1.29, 1.82) is 0 Å². The second-order valence-electron chi connectivity index (χ2n) is 7.39. The first kappa shape index (κ1) is 18.4. The first-order valence-corrected chi connectivity index (χ1v) is 10.7. The van der Waals surface area contributed by atoms with Crippen LogP contribution >= 0.6 is 0 Å². The van der Waals surface area contributed by atoms with E-state index in [-0.39, 0.29) is 5.54 Å². The summed E-state index contributed by atoms with van der Waals surface area (Å²) >= 11 is 0. The summed E-state index contributed by atoms with van der Waals surface area (Å²) < 4.78 is 33.2. The molecule has 2 aromatic carbocycles. The molecule has 0 saturated carbocycles. The fourth-order valence-corrected chi connectivity index (χ4v) is 5.33. The van der Waals surface area contributed by atoms with E-state index in [0.717, 1.165) is 38.2 Å². The second-order valence-corrected chi connectivity index (χ2v) is 9.12. The Morgan fingerprint density at radius 1 is 1.22 bits per heavy atom. The standard InChI is InChI=1S/C20H25N3O3S/c1-26-17-9-7-16(8-10-17)13-23-12-4-11-20(15-23)14-21-27(24,25)19-6-3-2-5-18(19)22-20/h2-3,5-10,22H,4,11-15H2,1H3,(H-,21,24,25). The lowest BCUT2D eigenvalue weighted by Gasteiger charge is -2.42. The molecular formula is C20H25N3O3S. The zero-order valence-electron chi connectivity index (χ0n) is 15.4. The van der Waals surface area contributed by atoms with E-state index in [9.17, 15) is 8.76 Å². The highest BCUT2D eigenvalue weighted by molar-refractivity contribution is 7.96. The molecule has 2 aromatic rings. The molecule has 2 atom stereocenters. The van der Waals surface area contributed by atoms with Gasteiger partial charge in [-0.2, -0.15) is 0 Å². The Morgan fingerprint density at radius 3 is 2.78 bits per heavy atom. The van der Waals surface area contributed by atoms with E-state index in [4.69, 9.17) is 4.74 Å². The van der Waals surface area contributed by atoms with Gasteiger partial charge in [0.15, 0.2) is 15.3 Å². The summed E-state index contributed by atoms with van der Waals surface area (Å²) in [7, 11) is -1.82. The van der Waals surface area contributed by atoms with E-state index in [0.29, 0.717) is 17.1 Å². The van der Waals surface area contributed by atoms with Gasteiger partial charge in [0.25, 0.3) is 0 Å². The van der Waals surface area contributed by atoms with Gasteiger partial charge < -0.3 is 14.6 Å². The molecule has 2 N–H and O–H groups in total. The van der Waals surface area contributed by atoms with E-state index < -0.39 is 10.4 Å². The number of fused-ring (bicyclic) bond motifs is 1. The third-order valence-electron chi connectivity index (χ3n) is 5.40. The molecule has 2 aliphatic rings. The second kappa shape index (κ2) is 7.24. The normalized spacial score (nSPS) is 28.2. The van der Waals surface area contributed by atoms with Crippen LogP contribution in [0.25, 0.3) is 0 Å². The summed E-state index contributed by atoms with van der Waals surface area (Å²) in [5, 5.41) is 3.56. The predicted octanol–water partition coefficient (Wildman–Crippen LogP) is 2.65. The van der Waals surface area contributed by atoms with Crippen LogP contribution in [0.2, 0.25) is 0 Å². The average Bonchev–Trinajstić information content (AvgIpc) is 2.78. The predicted molar refractivity (Wildman–Crippen MR) is 105 cm³/mol. The van der Waals surface area contributed by atoms with Gasteiger partial charge in [-0.1, -0.05) is 28.5 Å². The van der Waals surface area contributed by atoms with Crippen LogP contribution in [-0.2, 0) is 21.2 Å². The molecule has 7 heteroatoms. The lowest BCUT2D eigenvalue weighted by molar-refractivity contribution is 0.156. The fraction of sp³-hybridized carbons (Fsp3) is 0.400. The first-order chi connectivity index (χ1) is 13.0. The number of likely N-dealkylation sites (tertiary alicyclic amines) is 1. The number of hydrogen-bond acceptors (Lipinski definition) is 5. The number of rotatable bonds is 3. The van der Waals surface area contributed by atoms with Crippen molar-refractivity contribution in [2.45, 2.75) is 29.8 Å². The molecule has 4 rings (SSSR count). The fourth-order valence-electron chi connectivity index (χ4n) is 4.04. The Hall–Kier alpha value is -1.93. The van der Waals surface area contributed by atoms with Gasteiger partial charge in [0.1, 0.15) is 5.75 Å². The molecule has 1 saturated heterocycles. The van der Waals surface area contributed by atoms with Crippen LogP contribution in [0.3, 0.4) is 0 Å². The van der Waals surface area contributed by atoms with E-state index in [1.807, 2.05) is 24.3 Å². The van der Waals surface area contributed by atoms with Crippen molar-refractivity contribution in [3.63, 3.8) is 0 Å². The highest BCUT2D eigenvalue weighted by atomic mass is 32.3. The minimum Gasteiger partial charge on any atom is -0.593 e. The Balaban J connectivity index is 1.54. The molecule has 27 heavy (non-hydrogen) atoms. The molecule has 0 aromatic heterocycles. The lowest BCUT2D eigenvalue weighted by Crippen LogP contribution is -2.57. The third kappa shape index (κ3) is 3.87. The van der Waals surface area contributed by atoms with Crippen molar-refractivity contribution in [3.05, 3.63) is 54.1 Å². The Bertz CT molecular complexity index is 858. The van der Waals surface area contributed by atoms with Crippen LogP contribution in [0, 0.1) is 0 Å². The summed E-state index contributed by atoms with van der Waals surface area (Å²) in [6.07, 6.45) is 1.95. The Morgan fingerprint density at radius 2 is 2.00 bits per heavy atom. The average molecular weight is 388 g/mol. The first-order valence-electron chi connectivity index (χ1n) is 9.22. The van der Waals surface area contributed by atoms with E-state index in [1.165, 1.54) is 5.56 Å². The highest BCUT2D eigenvalue weighted by Gasteiger charge is 2.42. The molecule has 6 nitrogen and oxygen atoms in total. The van der Waals surface area contributed by atoms with Crippen LogP contribution in [-0.4, -0.2) is 41.7 Å². The van der Waals surface area contributed by atoms with Crippen molar-refractivity contribution in [1.82, 2.24) is 9.62 Å². The number of nitrogens with one attached hydrogen (secondary N) is 2. The number of hydrogen-bond donors (Lipinski definition) is 2. The summed E-state index contributed by atoms with van der Waals surface area (Å²) in [5.74, 6) is 0.852. The summed E-state index contributed by atoms with van der Waals surface area (Å²) in [6, 6.07) is 15.3. The van der Waals surface area contributed by atoms with Gasteiger partial charge in [0, 0.05) is 13.1 Å². The topological polar surface area (TPSA) is 76.7 Å². The molecule has 0 radical (unpaired) electrons. The van der Waals surface area contributed by atoms with Crippen molar-refractivity contribution >= 4 is 16.1 Å². The van der Waals surface area contributed by atoms with E-state index in [2.05, 4.69) is 27.1 Å². The minimum absolute atomic E-state index is 0.301. The maximum absolute atomic E-state index is 12.6. The largest absolute Gasteiger partial charge is 0.593 e. The molecule has 2 heterocycles. The van der Waals surface area contributed by atoms with Gasteiger partial charge in [-0.15, -0.1) is 4.72 Å². The molecule has 144 valence electrons. The van der Waals surface area contributed by atoms with Gasteiger partial charge in [0.05, 0.1) is 24.9 Å². The van der Waals surface area contributed by atoms with Crippen molar-refractivity contribution in [2.75, 3.05) is 32.1 Å². The number of sulfonamides is 1. The Labute approximate surface area is 161 Å². The summed E-state index contributed by atoms with van der Waals surface area (Å²) in [6.45, 7) is 3.02.